The molecule has 1 aliphatic heterocycles. The fourth-order valence-electron chi connectivity index (χ4n) is 4.10. The van der Waals surface area contributed by atoms with Crippen molar-refractivity contribution >= 4 is 34.7 Å². The first kappa shape index (κ1) is 23.3. The van der Waals surface area contributed by atoms with Crippen LogP contribution in [0.25, 0.3) is 5.76 Å². The largest absolute Gasteiger partial charge is 0.507 e. The molecule has 0 aromatic heterocycles. The molecule has 0 radical (unpaired) electrons. The van der Waals surface area contributed by atoms with Crippen LogP contribution in [0.15, 0.2) is 66.2 Å². The van der Waals surface area contributed by atoms with Gasteiger partial charge in [-0.15, -0.1) is 0 Å². The summed E-state index contributed by atoms with van der Waals surface area (Å²) in [6, 6.07) is 14.4. The fourth-order valence-corrected chi connectivity index (χ4v) is 4.33. The van der Waals surface area contributed by atoms with E-state index in [0.29, 0.717) is 11.3 Å². The Balaban J connectivity index is 2.04. The lowest BCUT2D eigenvalue weighted by Crippen LogP contribution is -2.30. The Morgan fingerprint density at radius 2 is 1.65 bits per heavy atom. The molecule has 1 unspecified atom stereocenters. The van der Waals surface area contributed by atoms with Crippen LogP contribution in [-0.4, -0.2) is 31.0 Å². The molecule has 1 heterocycles. The first-order valence-corrected chi connectivity index (χ1v) is 10.7. The summed E-state index contributed by atoms with van der Waals surface area (Å²) in [7, 11) is 2.77. The van der Waals surface area contributed by atoms with Crippen molar-refractivity contribution in [2.24, 2.45) is 0 Å². The number of hydrogen-bond donors (Lipinski definition) is 1. The number of aryl methyl sites for hydroxylation is 1. The molecule has 1 amide bonds. The summed E-state index contributed by atoms with van der Waals surface area (Å²) in [5, 5.41) is 11.6. The van der Waals surface area contributed by atoms with Gasteiger partial charge < -0.3 is 14.6 Å². The number of rotatable bonds is 5. The van der Waals surface area contributed by atoms with Gasteiger partial charge in [0.1, 0.15) is 23.1 Å². The van der Waals surface area contributed by atoms with Gasteiger partial charge in [-0.25, -0.2) is 4.39 Å². The van der Waals surface area contributed by atoms with Crippen LogP contribution in [-0.2, 0) is 9.59 Å². The molecule has 3 aromatic carbocycles. The SMILES string of the molecule is COc1cc(/C(O)=C2\C(=O)C(=O)N(c3ccccc3C)C2c2ccccc2F)c(OC)cc1Cl. The number of para-hydroxylation sites is 1. The first-order chi connectivity index (χ1) is 16.3. The van der Waals surface area contributed by atoms with Crippen LogP contribution in [0.4, 0.5) is 10.1 Å². The number of methoxy groups -OCH3 is 2. The van der Waals surface area contributed by atoms with E-state index < -0.39 is 29.3 Å². The summed E-state index contributed by atoms with van der Waals surface area (Å²) in [6.45, 7) is 1.78. The smallest absolute Gasteiger partial charge is 0.300 e. The summed E-state index contributed by atoms with van der Waals surface area (Å²) < 4.78 is 25.6. The molecule has 1 N–H and O–H groups in total. The molecule has 0 spiro atoms. The molecular formula is C26H21ClFNO5. The molecule has 1 aliphatic rings. The minimum absolute atomic E-state index is 0.0615. The minimum atomic E-state index is -1.21. The molecule has 174 valence electrons. The van der Waals surface area contributed by atoms with E-state index in [1.165, 1.54) is 49.5 Å². The number of nitrogens with zero attached hydrogens (tertiary/aromatic N) is 1. The van der Waals surface area contributed by atoms with E-state index in [0.717, 1.165) is 0 Å². The number of aliphatic hydroxyl groups is 1. The topological polar surface area (TPSA) is 76.1 Å². The number of benzene rings is 3. The van der Waals surface area contributed by atoms with E-state index in [2.05, 4.69) is 0 Å². The number of amides is 1. The number of aliphatic hydroxyl groups excluding tert-OH is 1. The number of ketones is 1. The van der Waals surface area contributed by atoms with E-state index in [9.17, 15) is 14.7 Å². The zero-order valence-corrected chi connectivity index (χ0v) is 19.4. The Labute approximate surface area is 200 Å². The highest BCUT2D eigenvalue weighted by molar-refractivity contribution is 6.51. The monoisotopic (exact) mass is 481 g/mol. The van der Waals surface area contributed by atoms with Crippen molar-refractivity contribution in [2.45, 2.75) is 13.0 Å². The molecule has 1 saturated heterocycles. The van der Waals surface area contributed by atoms with Crippen LogP contribution in [0.5, 0.6) is 11.5 Å². The lowest BCUT2D eigenvalue weighted by molar-refractivity contribution is -0.132. The average Bonchev–Trinajstić information content (AvgIpc) is 3.09. The molecule has 4 rings (SSSR count). The molecule has 1 atom stereocenters. The van der Waals surface area contributed by atoms with Gasteiger partial charge in [-0.3, -0.25) is 14.5 Å². The van der Waals surface area contributed by atoms with Gasteiger partial charge in [-0.1, -0.05) is 48.0 Å². The predicted molar refractivity (Wildman–Crippen MR) is 127 cm³/mol. The molecule has 1 fully saturated rings. The number of Topliss-reactive ketones (excluding diaryl/α,β-unsaturated/α-hetero) is 1. The number of halogens is 2. The molecule has 8 heteroatoms. The van der Waals surface area contributed by atoms with Gasteiger partial charge in [-0.05, 0) is 30.7 Å². The summed E-state index contributed by atoms with van der Waals surface area (Å²) >= 11 is 6.18. The highest BCUT2D eigenvalue weighted by atomic mass is 35.5. The third-order valence-corrected chi connectivity index (χ3v) is 6.04. The standard InChI is InChI=1S/C26H21ClFNO5/c1-14-8-4-7-11-19(14)29-23(15-9-5-6-10-18(15)28)22(25(31)26(29)32)24(30)16-12-21(34-3)17(27)13-20(16)33-2/h4-13,23,30H,1-3H3/b24-22+. The van der Waals surface area contributed by atoms with Crippen LogP contribution in [0, 0.1) is 12.7 Å². The van der Waals surface area contributed by atoms with Crippen molar-refractivity contribution in [3.05, 3.63) is 93.8 Å². The second kappa shape index (κ2) is 9.19. The van der Waals surface area contributed by atoms with Crippen molar-refractivity contribution in [1.82, 2.24) is 0 Å². The predicted octanol–water partition coefficient (Wildman–Crippen LogP) is 5.43. The maximum absolute atomic E-state index is 15.0. The Kier molecular flexibility index (Phi) is 6.30. The van der Waals surface area contributed by atoms with E-state index in [1.54, 1.807) is 37.3 Å². The normalized spacial score (nSPS) is 17.2. The van der Waals surface area contributed by atoms with Crippen LogP contribution in [0.1, 0.15) is 22.7 Å². The van der Waals surface area contributed by atoms with Gasteiger partial charge >= 0.3 is 0 Å². The van der Waals surface area contributed by atoms with E-state index in [1.807, 2.05) is 0 Å². The molecule has 34 heavy (non-hydrogen) atoms. The number of hydrogen-bond acceptors (Lipinski definition) is 5. The Morgan fingerprint density at radius 3 is 2.29 bits per heavy atom. The molecule has 0 bridgehead atoms. The third-order valence-electron chi connectivity index (χ3n) is 5.75. The van der Waals surface area contributed by atoms with Gasteiger partial charge in [-0.2, -0.15) is 0 Å². The second-order valence-corrected chi connectivity index (χ2v) is 8.07. The Hall–Kier alpha value is -3.84. The molecule has 3 aromatic rings. The number of carbonyl (C=O) groups is 2. The summed E-state index contributed by atoms with van der Waals surface area (Å²) in [5.41, 5.74) is 0.995. The summed E-state index contributed by atoms with van der Waals surface area (Å²) in [5.74, 6) is -2.62. The van der Waals surface area contributed by atoms with Crippen molar-refractivity contribution in [3.8, 4) is 11.5 Å². The number of anilines is 1. The maximum Gasteiger partial charge on any atom is 0.300 e. The van der Waals surface area contributed by atoms with Crippen LogP contribution < -0.4 is 14.4 Å². The van der Waals surface area contributed by atoms with Crippen molar-refractivity contribution in [3.63, 3.8) is 0 Å². The quantitative estimate of drug-likeness (QED) is 0.299. The Bertz CT molecular complexity index is 1340. The first-order valence-electron chi connectivity index (χ1n) is 10.3. The lowest BCUT2D eigenvalue weighted by Gasteiger charge is -2.27. The minimum Gasteiger partial charge on any atom is -0.507 e. The fraction of sp³-hybridized carbons (Fsp3) is 0.154. The molecule has 0 saturated carbocycles. The maximum atomic E-state index is 15.0. The Morgan fingerprint density at radius 1 is 1.00 bits per heavy atom. The number of ether oxygens (including phenoxy) is 2. The van der Waals surface area contributed by atoms with Crippen LogP contribution in [0.3, 0.4) is 0 Å². The lowest BCUT2D eigenvalue weighted by atomic mass is 9.94. The molecule has 6 nitrogen and oxygen atoms in total. The molecule has 0 aliphatic carbocycles. The second-order valence-electron chi connectivity index (χ2n) is 7.66. The van der Waals surface area contributed by atoms with E-state index in [4.69, 9.17) is 21.1 Å². The highest BCUT2D eigenvalue weighted by Crippen LogP contribution is 2.45. The van der Waals surface area contributed by atoms with Gasteiger partial charge in [0.2, 0.25) is 0 Å². The summed E-state index contributed by atoms with van der Waals surface area (Å²) in [6.07, 6.45) is 0. The zero-order chi connectivity index (χ0) is 24.6. The average molecular weight is 482 g/mol. The van der Waals surface area contributed by atoms with Crippen LogP contribution in [0.2, 0.25) is 5.02 Å². The van der Waals surface area contributed by atoms with Crippen molar-refractivity contribution in [2.75, 3.05) is 19.1 Å². The molecular weight excluding hydrogens is 461 g/mol. The number of carbonyl (C=O) groups excluding carboxylic acids is 2. The van der Waals surface area contributed by atoms with Gasteiger partial charge in [0.05, 0.1) is 36.4 Å². The van der Waals surface area contributed by atoms with Crippen molar-refractivity contribution in [1.29, 1.82) is 0 Å². The van der Waals surface area contributed by atoms with Crippen LogP contribution >= 0.6 is 11.6 Å². The summed E-state index contributed by atoms with van der Waals surface area (Å²) in [4.78, 5) is 27.8. The zero-order valence-electron chi connectivity index (χ0n) is 18.6. The van der Waals surface area contributed by atoms with Gasteiger partial charge in [0, 0.05) is 17.3 Å². The van der Waals surface area contributed by atoms with E-state index in [-0.39, 0.29) is 33.2 Å². The highest BCUT2D eigenvalue weighted by Gasteiger charge is 2.48. The van der Waals surface area contributed by atoms with E-state index >= 15 is 4.39 Å². The van der Waals surface area contributed by atoms with Crippen molar-refractivity contribution < 1.29 is 28.6 Å². The van der Waals surface area contributed by atoms with Gasteiger partial charge in [0.15, 0.2) is 0 Å². The third kappa shape index (κ3) is 3.78. The van der Waals surface area contributed by atoms with Gasteiger partial charge in [0.25, 0.3) is 11.7 Å².